The molecule has 2 aromatic heterocycles. The molecular formula is C58H52N2O4. The Morgan fingerprint density at radius 3 is 0.859 bits per heavy atom. The predicted octanol–water partition coefficient (Wildman–Crippen LogP) is 15.3. The average molecular weight is 841 g/mol. The fourth-order valence-corrected chi connectivity index (χ4v) is 9.46. The summed E-state index contributed by atoms with van der Waals surface area (Å²) in [5.41, 5.74) is 19.5. The highest BCUT2D eigenvalue weighted by atomic mass is 16.4. The Morgan fingerprint density at radius 1 is 0.297 bits per heavy atom. The van der Waals surface area contributed by atoms with Crippen LogP contribution in [0.25, 0.3) is 44.2 Å². The van der Waals surface area contributed by atoms with Crippen LogP contribution in [-0.4, -0.2) is 0 Å². The zero-order valence-corrected chi connectivity index (χ0v) is 38.2. The number of anilines is 6. The lowest BCUT2D eigenvalue weighted by molar-refractivity contribution is 0.563. The minimum Gasteiger partial charge on any atom is -0.422 e. The molecule has 0 fully saturated rings. The van der Waals surface area contributed by atoms with Crippen molar-refractivity contribution in [3.05, 3.63) is 210 Å². The van der Waals surface area contributed by atoms with Gasteiger partial charge in [-0.05, 0) is 221 Å². The molecule has 0 N–H and O–H groups in total. The van der Waals surface area contributed by atoms with Crippen molar-refractivity contribution in [2.75, 3.05) is 9.80 Å². The summed E-state index contributed by atoms with van der Waals surface area (Å²) >= 11 is 0. The topological polar surface area (TPSA) is 66.9 Å². The molecule has 0 aliphatic rings. The second-order valence-corrected chi connectivity index (χ2v) is 17.9. The van der Waals surface area contributed by atoms with E-state index in [9.17, 15) is 9.59 Å². The first-order chi connectivity index (χ1) is 30.6. The van der Waals surface area contributed by atoms with Crippen LogP contribution in [-0.2, 0) is 0 Å². The molecule has 9 aromatic rings. The van der Waals surface area contributed by atoms with Gasteiger partial charge in [-0.25, -0.2) is 9.59 Å². The fraction of sp³-hybridized carbons (Fsp3) is 0.172. The molecule has 0 saturated carbocycles. The Morgan fingerprint density at radius 2 is 0.578 bits per heavy atom. The highest BCUT2D eigenvalue weighted by Gasteiger charge is 2.21. The van der Waals surface area contributed by atoms with E-state index in [2.05, 4.69) is 150 Å². The van der Waals surface area contributed by atoms with Gasteiger partial charge < -0.3 is 18.6 Å². The Labute approximate surface area is 374 Å². The number of benzene rings is 7. The normalized spacial score (nSPS) is 11.4. The van der Waals surface area contributed by atoms with Gasteiger partial charge in [0.1, 0.15) is 11.2 Å². The van der Waals surface area contributed by atoms with E-state index in [0.717, 1.165) is 67.2 Å². The summed E-state index contributed by atoms with van der Waals surface area (Å²) in [5.74, 6) is 0. The lowest BCUT2D eigenvalue weighted by Gasteiger charge is -2.27. The highest BCUT2D eigenvalue weighted by Crippen LogP contribution is 2.41. The van der Waals surface area contributed by atoms with E-state index in [-0.39, 0.29) is 0 Å². The maximum Gasteiger partial charge on any atom is 0.344 e. The summed E-state index contributed by atoms with van der Waals surface area (Å²) in [7, 11) is 0. The van der Waals surface area contributed by atoms with Crippen molar-refractivity contribution in [3.63, 3.8) is 0 Å². The number of hydrogen-bond donors (Lipinski definition) is 0. The van der Waals surface area contributed by atoms with Crippen LogP contribution in [0.1, 0.15) is 55.6 Å². The Hall–Kier alpha value is -7.44. The summed E-state index contributed by atoms with van der Waals surface area (Å²) in [4.78, 5) is 32.3. The first kappa shape index (κ1) is 41.9. The maximum atomic E-state index is 13.9. The molecule has 9 rings (SSSR count). The van der Waals surface area contributed by atoms with Crippen molar-refractivity contribution in [1.29, 1.82) is 0 Å². The molecule has 0 bridgehead atoms. The van der Waals surface area contributed by atoms with E-state index in [1.807, 2.05) is 62.4 Å². The van der Waals surface area contributed by atoms with Crippen molar-refractivity contribution in [1.82, 2.24) is 0 Å². The van der Waals surface area contributed by atoms with Gasteiger partial charge in [-0.3, -0.25) is 0 Å². The zero-order valence-electron chi connectivity index (χ0n) is 38.2. The van der Waals surface area contributed by atoms with E-state index in [1.165, 1.54) is 44.5 Å². The summed E-state index contributed by atoms with van der Waals surface area (Å²) in [5, 5.41) is 1.62. The lowest BCUT2D eigenvalue weighted by Crippen LogP contribution is -2.11. The van der Waals surface area contributed by atoms with Crippen molar-refractivity contribution < 1.29 is 8.83 Å². The zero-order chi connectivity index (χ0) is 45.1. The van der Waals surface area contributed by atoms with E-state index in [0.29, 0.717) is 22.3 Å². The Bertz CT molecular complexity index is 3050. The minimum atomic E-state index is -0.430. The van der Waals surface area contributed by atoms with Gasteiger partial charge >= 0.3 is 11.3 Å². The monoisotopic (exact) mass is 840 g/mol. The van der Waals surface area contributed by atoms with Gasteiger partial charge in [0.25, 0.3) is 0 Å². The third-order valence-corrected chi connectivity index (χ3v) is 12.0. The molecule has 6 nitrogen and oxygen atoms in total. The number of nitrogens with zero attached hydrogens (tertiary/aromatic N) is 2. The molecule has 7 aromatic carbocycles. The molecule has 2 heterocycles. The Kier molecular flexibility index (Phi) is 10.7. The highest BCUT2D eigenvalue weighted by molar-refractivity contribution is 5.91. The number of fused-ring (bicyclic) bond motifs is 2. The van der Waals surface area contributed by atoms with E-state index in [4.69, 9.17) is 8.83 Å². The minimum absolute atomic E-state index is 0.430. The van der Waals surface area contributed by atoms with Crippen molar-refractivity contribution in [3.8, 4) is 22.3 Å². The van der Waals surface area contributed by atoms with E-state index < -0.39 is 11.3 Å². The smallest absolute Gasteiger partial charge is 0.344 e. The van der Waals surface area contributed by atoms with Gasteiger partial charge in [0, 0.05) is 57.0 Å². The summed E-state index contributed by atoms with van der Waals surface area (Å²) < 4.78 is 12.3. The van der Waals surface area contributed by atoms with Crippen molar-refractivity contribution in [2.24, 2.45) is 0 Å². The first-order valence-corrected chi connectivity index (χ1v) is 21.8. The van der Waals surface area contributed by atoms with Crippen LogP contribution in [0.4, 0.5) is 34.1 Å². The fourth-order valence-electron chi connectivity index (χ4n) is 9.46. The van der Waals surface area contributed by atoms with Crippen LogP contribution in [0.3, 0.4) is 0 Å². The summed E-state index contributed by atoms with van der Waals surface area (Å²) in [6.07, 6.45) is 0. The largest absolute Gasteiger partial charge is 0.422 e. The molecule has 0 atom stereocenters. The number of hydrogen-bond acceptors (Lipinski definition) is 6. The van der Waals surface area contributed by atoms with E-state index in [1.54, 1.807) is 0 Å². The standard InChI is InChI=1S/C58H52N2O4/c1-33-15-34(2)20-47(19-33)59(48-21-35(3)16-36(4)22-48)45-13-11-43-29-53(57(61)63-55(43)31-45)51-27-42(10)52(28-41(51)9)54-30-44-12-14-46(32-56(44)64-58(54)62)60(49-23-37(5)17-38(6)24-49)50-25-39(7)18-40(8)26-50/h11-32H,1-10H3. The van der Waals surface area contributed by atoms with Crippen LogP contribution in [0.15, 0.2) is 152 Å². The van der Waals surface area contributed by atoms with Crippen LogP contribution in [0.5, 0.6) is 0 Å². The van der Waals surface area contributed by atoms with Crippen LogP contribution >= 0.6 is 0 Å². The van der Waals surface area contributed by atoms with Crippen molar-refractivity contribution in [2.45, 2.75) is 69.2 Å². The second kappa shape index (κ2) is 16.4. The molecule has 6 heteroatoms. The molecule has 0 unspecified atom stereocenters. The molecule has 0 spiro atoms. The maximum absolute atomic E-state index is 13.9. The number of aryl methyl sites for hydroxylation is 10. The van der Waals surface area contributed by atoms with Gasteiger partial charge in [-0.1, -0.05) is 36.4 Å². The molecule has 0 aliphatic heterocycles. The van der Waals surface area contributed by atoms with Gasteiger partial charge in [0.15, 0.2) is 0 Å². The predicted molar refractivity (Wildman–Crippen MR) is 266 cm³/mol. The number of rotatable bonds is 8. The summed E-state index contributed by atoms with van der Waals surface area (Å²) in [6, 6.07) is 45.9. The molecule has 0 radical (unpaired) electrons. The van der Waals surface area contributed by atoms with Crippen LogP contribution < -0.4 is 21.1 Å². The SMILES string of the molecule is Cc1cc(C)cc(N(c2cc(C)cc(C)c2)c2ccc3cc(-c4cc(C)c(-c5cc6ccc(N(c7cc(C)cc(C)c7)c7cc(C)cc(C)c7)cc6oc5=O)cc4C)c(=O)oc3c2)c1. The lowest BCUT2D eigenvalue weighted by atomic mass is 9.92. The van der Waals surface area contributed by atoms with Gasteiger partial charge in [0.05, 0.1) is 11.1 Å². The average Bonchev–Trinajstić information content (AvgIpc) is 3.20. The van der Waals surface area contributed by atoms with Crippen LogP contribution in [0.2, 0.25) is 0 Å². The second-order valence-electron chi connectivity index (χ2n) is 17.9. The molecule has 0 saturated heterocycles. The third-order valence-electron chi connectivity index (χ3n) is 12.0. The van der Waals surface area contributed by atoms with Crippen molar-refractivity contribution >= 4 is 56.1 Å². The Balaban J connectivity index is 1.08. The van der Waals surface area contributed by atoms with Gasteiger partial charge in [-0.15, -0.1) is 0 Å². The first-order valence-electron chi connectivity index (χ1n) is 21.8. The van der Waals surface area contributed by atoms with Gasteiger partial charge in [-0.2, -0.15) is 0 Å². The third kappa shape index (κ3) is 8.15. The summed E-state index contributed by atoms with van der Waals surface area (Å²) in [6.45, 7) is 20.8. The molecule has 318 valence electrons. The van der Waals surface area contributed by atoms with E-state index >= 15 is 0 Å². The molecular weight excluding hydrogens is 789 g/mol. The molecule has 64 heavy (non-hydrogen) atoms. The molecule has 0 aliphatic carbocycles. The molecule has 0 amide bonds. The van der Waals surface area contributed by atoms with Gasteiger partial charge in [0.2, 0.25) is 0 Å². The quantitative estimate of drug-likeness (QED) is 0.142. The van der Waals surface area contributed by atoms with Crippen LogP contribution in [0, 0.1) is 69.2 Å².